The lowest BCUT2D eigenvalue weighted by molar-refractivity contribution is 0.511. The summed E-state index contributed by atoms with van der Waals surface area (Å²) in [4.78, 5) is 15.9. The molecule has 0 bridgehead atoms. The molecule has 13 heteroatoms. The minimum Gasteiger partial charge on any atom is -0.237 e. The smallest absolute Gasteiger partial charge is 0.237 e. The molecule has 202 valence electrons. The first-order valence-corrected chi connectivity index (χ1v) is 11.8. The summed E-state index contributed by atoms with van der Waals surface area (Å²) in [7, 11) is 0. The monoisotopic (exact) mass is 579 g/mol. The van der Waals surface area contributed by atoms with Crippen molar-refractivity contribution in [3.8, 4) is 24.3 Å². The van der Waals surface area contributed by atoms with Crippen LogP contribution in [0.15, 0.2) is 41.7 Å². The van der Waals surface area contributed by atoms with Crippen LogP contribution in [0, 0.1) is 88.8 Å². The van der Waals surface area contributed by atoms with Gasteiger partial charge in [-0.1, -0.05) is 6.07 Å². The summed E-state index contributed by atoms with van der Waals surface area (Å²) in [5.74, 6) is -5.14. The van der Waals surface area contributed by atoms with Gasteiger partial charge in [0.2, 0.25) is 29.5 Å². The molecule has 9 nitrogen and oxygen atoms in total. The highest BCUT2D eigenvalue weighted by atomic mass is 19.1. The number of allylic oxidation sites excluding steroid dienone is 7. The van der Waals surface area contributed by atoms with Crippen LogP contribution in [-0.4, -0.2) is 9.97 Å². The Labute approximate surface area is 245 Å². The van der Waals surface area contributed by atoms with Gasteiger partial charge in [0, 0.05) is 23.3 Å². The Bertz CT molecular complexity index is 2120. The number of hydrogen-bond donors (Lipinski definition) is 0. The number of benzene rings is 1. The molecule has 0 atom stereocenters. The van der Waals surface area contributed by atoms with Gasteiger partial charge >= 0.3 is 0 Å². The zero-order valence-electron chi connectivity index (χ0n) is 21.4. The number of nitrogens with zero attached hydrogens (tertiary/aromatic N) is 9. The summed E-state index contributed by atoms with van der Waals surface area (Å²) in [6.07, 6.45) is 0. The molecular weight excluding hydrogens is 574 g/mol. The molecule has 0 spiro atoms. The maximum atomic E-state index is 14.2. The van der Waals surface area contributed by atoms with Crippen LogP contribution < -0.4 is 0 Å². The molecule has 0 aliphatic heterocycles. The van der Waals surface area contributed by atoms with Crippen molar-refractivity contribution in [2.45, 2.75) is 0 Å². The van der Waals surface area contributed by atoms with Crippen molar-refractivity contribution in [3.63, 3.8) is 0 Å². The van der Waals surface area contributed by atoms with Crippen molar-refractivity contribution in [1.82, 2.24) is 9.97 Å². The fourth-order valence-electron chi connectivity index (χ4n) is 5.23. The highest BCUT2D eigenvalue weighted by molar-refractivity contribution is 6.30. The van der Waals surface area contributed by atoms with E-state index in [0.717, 1.165) is 24.3 Å². The van der Waals surface area contributed by atoms with E-state index in [9.17, 15) is 38.6 Å². The second-order valence-corrected chi connectivity index (χ2v) is 8.80. The third-order valence-corrected chi connectivity index (χ3v) is 6.69. The Morgan fingerprint density at radius 2 is 1.09 bits per heavy atom. The Hall–Kier alpha value is -7.37. The average Bonchev–Trinajstić information content (AvgIpc) is 3.49. The normalized spacial score (nSPS) is 15.0. The van der Waals surface area contributed by atoms with Crippen molar-refractivity contribution < 1.29 is 17.6 Å². The highest BCUT2D eigenvalue weighted by Crippen LogP contribution is 2.56. The molecule has 0 unspecified atom stereocenters. The molecule has 0 saturated heterocycles. The summed E-state index contributed by atoms with van der Waals surface area (Å²) in [6, 6.07) is 11.3. The van der Waals surface area contributed by atoms with E-state index in [0.29, 0.717) is 0 Å². The number of pyridine rings is 2. The second-order valence-electron chi connectivity index (χ2n) is 8.80. The van der Waals surface area contributed by atoms with Gasteiger partial charge in [0.1, 0.15) is 12.1 Å². The maximum absolute atomic E-state index is 14.2. The molecule has 0 N–H and O–H groups in total. The van der Waals surface area contributed by atoms with Crippen LogP contribution in [0.3, 0.4) is 0 Å². The maximum Gasteiger partial charge on any atom is 0.270 e. The molecule has 0 fully saturated rings. The average molecular weight is 579 g/mol. The first kappa shape index (κ1) is 28.2. The molecule has 0 radical (unpaired) electrons. The second kappa shape index (κ2) is 10.6. The third kappa shape index (κ3) is 4.03. The molecular formula is C31H5F4N9. The van der Waals surface area contributed by atoms with Gasteiger partial charge in [-0.2, -0.15) is 38.1 Å². The molecule has 1 aromatic carbocycles. The van der Waals surface area contributed by atoms with E-state index < -0.39 is 40.7 Å². The van der Waals surface area contributed by atoms with E-state index >= 15 is 0 Å². The Kier molecular flexibility index (Phi) is 6.76. The van der Waals surface area contributed by atoms with Gasteiger partial charge in [-0.3, -0.25) is 0 Å². The Morgan fingerprint density at radius 1 is 0.636 bits per heavy atom. The van der Waals surface area contributed by atoms with Crippen molar-refractivity contribution in [2.75, 3.05) is 0 Å². The highest BCUT2D eigenvalue weighted by Gasteiger charge is 2.40. The van der Waals surface area contributed by atoms with Crippen LogP contribution in [0.1, 0.15) is 38.9 Å². The zero-order valence-corrected chi connectivity index (χ0v) is 21.4. The quantitative estimate of drug-likeness (QED) is 0.148. The molecule has 5 rings (SSSR count). The van der Waals surface area contributed by atoms with E-state index in [2.05, 4.69) is 24.5 Å². The molecule has 0 saturated carbocycles. The SMILES string of the molecule is [C-]#[N+]C1=C(c2cc(F)nc(F)c2)/C(=C(/C#N)[N+]#[C-])c2c1cc1c(c2C#N)/C(=C(/C#N)[N+]#[C-])C(c2cc(F)nc(F)c2)=C1C#N. The van der Waals surface area contributed by atoms with E-state index in [-0.39, 0.29) is 66.9 Å². The number of halogens is 4. The largest absolute Gasteiger partial charge is 0.270 e. The van der Waals surface area contributed by atoms with Crippen LogP contribution in [-0.2, 0) is 0 Å². The standard InChI is InChI=1S/C31H5F4N9/c1-40-19(11-38)29-25(13-4-21(32)43-22(33)5-13)17(9-36)15-8-16-28(18(10-37)27(15)29)30(20(12-39)41-2)26(31(16)42-3)14-6-23(34)44-24(35)7-14/h4-8H/b29-19-,30-20+. The molecule has 0 amide bonds. The van der Waals surface area contributed by atoms with E-state index in [1.54, 1.807) is 12.1 Å². The minimum absolute atomic E-state index is 0.114. The number of nitriles is 4. The predicted molar refractivity (Wildman–Crippen MR) is 144 cm³/mol. The lowest BCUT2D eigenvalue weighted by Gasteiger charge is -2.15. The van der Waals surface area contributed by atoms with Gasteiger partial charge in [0.25, 0.3) is 11.4 Å². The van der Waals surface area contributed by atoms with Gasteiger partial charge in [0.15, 0.2) is 0 Å². The molecule has 3 aromatic rings. The first-order chi connectivity index (χ1) is 21.2. The van der Waals surface area contributed by atoms with Crippen molar-refractivity contribution in [2.24, 2.45) is 0 Å². The van der Waals surface area contributed by atoms with Crippen LogP contribution in [0.2, 0.25) is 0 Å². The number of rotatable bonds is 2. The van der Waals surface area contributed by atoms with E-state index in [1.807, 2.05) is 12.1 Å². The van der Waals surface area contributed by atoms with Gasteiger partial charge in [-0.15, -0.1) is 0 Å². The van der Waals surface area contributed by atoms with Crippen molar-refractivity contribution in [3.05, 3.63) is 139 Å². The van der Waals surface area contributed by atoms with Crippen molar-refractivity contribution >= 4 is 33.6 Å². The number of hydrogen-bond acceptors (Lipinski definition) is 6. The number of fused-ring (bicyclic) bond motifs is 2. The minimum atomic E-state index is -1.29. The van der Waals surface area contributed by atoms with Gasteiger partial charge < -0.3 is 0 Å². The predicted octanol–water partition coefficient (Wildman–Crippen LogP) is 6.46. The van der Waals surface area contributed by atoms with E-state index in [4.69, 9.17) is 19.7 Å². The summed E-state index contributed by atoms with van der Waals surface area (Å²) in [5.41, 5.74) is -4.95. The molecule has 2 aromatic heterocycles. The molecule has 2 aliphatic rings. The summed E-state index contributed by atoms with van der Waals surface area (Å²) in [6.45, 7) is 23.1. The molecule has 2 heterocycles. The third-order valence-electron chi connectivity index (χ3n) is 6.69. The summed E-state index contributed by atoms with van der Waals surface area (Å²) >= 11 is 0. The topological polar surface area (TPSA) is 134 Å². The lowest BCUT2D eigenvalue weighted by atomic mass is 9.86. The van der Waals surface area contributed by atoms with Crippen LogP contribution in [0.4, 0.5) is 17.6 Å². The summed E-state index contributed by atoms with van der Waals surface area (Å²) < 4.78 is 56.9. The van der Waals surface area contributed by atoms with E-state index in [1.165, 1.54) is 6.07 Å². The fraction of sp³-hybridized carbons (Fsp3) is 0. The van der Waals surface area contributed by atoms with Gasteiger partial charge in [0.05, 0.1) is 43.0 Å². The number of aromatic nitrogens is 2. The molecule has 44 heavy (non-hydrogen) atoms. The van der Waals surface area contributed by atoms with Crippen LogP contribution >= 0.6 is 0 Å². The van der Waals surface area contributed by atoms with Crippen LogP contribution in [0.5, 0.6) is 0 Å². The molecule has 2 aliphatic carbocycles. The fourth-order valence-corrected chi connectivity index (χ4v) is 5.23. The van der Waals surface area contributed by atoms with Gasteiger partial charge in [-0.25, -0.2) is 25.1 Å². The van der Waals surface area contributed by atoms with Gasteiger partial charge in [-0.05, 0) is 56.7 Å². The first-order valence-electron chi connectivity index (χ1n) is 11.8. The lowest BCUT2D eigenvalue weighted by Crippen LogP contribution is -2.01. The van der Waals surface area contributed by atoms with Crippen molar-refractivity contribution in [1.29, 1.82) is 21.0 Å². The Morgan fingerprint density at radius 3 is 1.50 bits per heavy atom. The zero-order chi connectivity index (χ0) is 31.9. The Balaban J connectivity index is 2.05. The van der Waals surface area contributed by atoms with Crippen LogP contribution in [0.25, 0.3) is 48.1 Å². The summed E-state index contributed by atoms with van der Waals surface area (Å²) in [5, 5.41) is 40.4.